The van der Waals surface area contributed by atoms with Crippen LogP contribution in [0.2, 0.25) is 5.02 Å². The fourth-order valence-corrected chi connectivity index (χ4v) is 3.66. The van der Waals surface area contributed by atoms with Gasteiger partial charge in [0, 0.05) is 17.3 Å². The molecule has 0 aliphatic rings. The van der Waals surface area contributed by atoms with Crippen LogP contribution >= 0.6 is 27.5 Å². The third kappa shape index (κ3) is 5.91. The van der Waals surface area contributed by atoms with E-state index in [0.717, 1.165) is 43.4 Å². The predicted octanol–water partition coefficient (Wildman–Crippen LogP) is 7.31. The van der Waals surface area contributed by atoms with Gasteiger partial charge in [-0.1, -0.05) is 47.5 Å². The molecule has 0 aliphatic carbocycles. The summed E-state index contributed by atoms with van der Waals surface area (Å²) in [4.78, 5) is 0. The van der Waals surface area contributed by atoms with Gasteiger partial charge >= 0.3 is 0 Å². The van der Waals surface area contributed by atoms with Crippen molar-refractivity contribution in [2.45, 2.75) is 33.9 Å². The first-order valence-corrected chi connectivity index (χ1v) is 10.8. The molecule has 5 heteroatoms. The summed E-state index contributed by atoms with van der Waals surface area (Å²) < 4.78 is 12.8. The number of aryl methyl sites for hydroxylation is 2. The van der Waals surface area contributed by atoms with E-state index < -0.39 is 0 Å². The second kappa shape index (κ2) is 10.0. The molecule has 29 heavy (non-hydrogen) atoms. The minimum Gasteiger partial charge on any atom is -0.490 e. The highest BCUT2D eigenvalue weighted by Gasteiger charge is 2.13. The van der Waals surface area contributed by atoms with Gasteiger partial charge in [0.05, 0.1) is 11.1 Å². The second-order valence-corrected chi connectivity index (χ2v) is 8.19. The minimum absolute atomic E-state index is 0.485. The largest absolute Gasteiger partial charge is 0.490 e. The fraction of sp³-hybridized carbons (Fsp3) is 0.250. The summed E-state index contributed by atoms with van der Waals surface area (Å²) in [7, 11) is 0. The Bertz CT molecular complexity index is 973. The predicted molar refractivity (Wildman–Crippen MR) is 124 cm³/mol. The van der Waals surface area contributed by atoms with Crippen molar-refractivity contribution in [2.24, 2.45) is 0 Å². The van der Waals surface area contributed by atoms with Crippen molar-refractivity contribution in [3.8, 4) is 11.5 Å². The lowest BCUT2D eigenvalue weighted by molar-refractivity contribution is 0.267. The van der Waals surface area contributed by atoms with Crippen LogP contribution in [0.5, 0.6) is 11.5 Å². The number of rotatable bonds is 8. The van der Waals surface area contributed by atoms with Crippen molar-refractivity contribution < 1.29 is 9.47 Å². The molecule has 3 aromatic carbocycles. The Labute approximate surface area is 186 Å². The molecule has 0 aromatic heterocycles. The Kier molecular flexibility index (Phi) is 7.45. The van der Waals surface area contributed by atoms with Crippen LogP contribution in [0.4, 0.5) is 5.69 Å². The Morgan fingerprint density at radius 3 is 2.38 bits per heavy atom. The third-order valence-electron chi connectivity index (χ3n) is 4.54. The van der Waals surface area contributed by atoms with Crippen molar-refractivity contribution in [3.05, 3.63) is 86.3 Å². The normalized spacial score (nSPS) is 10.7. The molecule has 0 saturated carbocycles. The smallest absolute Gasteiger partial charge is 0.175 e. The molecular formula is C24H25BrClNO2. The molecule has 0 aliphatic heterocycles. The first-order valence-electron chi connectivity index (χ1n) is 9.60. The zero-order valence-electron chi connectivity index (χ0n) is 16.9. The number of halogens is 2. The van der Waals surface area contributed by atoms with E-state index in [1.54, 1.807) is 0 Å². The Morgan fingerprint density at radius 1 is 0.931 bits per heavy atom. The highest BCUT2D eigenvalue weighted by atomic mass is 79.9. The average molecular weight is 475 g/mol. The quantitative estimate of drug-likeness (QED) is 0.371. The van der Waals surface area contributed by atoms with Crippen LogP contribution in [0, 0.1) is 13.8 Å². The molecule has 1 N–H and O–H groups in total. The van der Waals surface area contributed by atoms with E-state index in [1.165, 1.54) is 5.56 Å². The summed E-state index contributed by atoms with van der Waals surface area (Å²) in [5, 5.41) is 4.16. The molecule has 0 bridgehead atoms. The van der Waals surface area contributed by atoms with Crippen molar-refractivity contribution in [2.75, 3.05) is 11.9 Å². The number of anilines is 1. The molecule has 0 radical (unpaired) electrons. The average Bonchev–Trinajstić information content (AvgIpc) is 2.70. The molecule has 0 fully saturated rings. The molecule has 0 saturated heterocycles. The SMILES string of the molecule is CCOc1cc(CNc2ccc(C)c(Cl)c2)cc(Br)c1OCc1ccc(C)cc1. The van der Waals surface area contributed by atoms with E-state index in [2.05, 4.69) is 58.5 Å². The van der Waals surface area contributed by atoms with E-state index in [1.807, 2.05) is 38.1 Å². The van der Waals surface area contributed by atoms with Crippen LogP contribution in [0.1, 0.15) is 29.2 Å². The lowest BCUT2D eigenvalue weighted by atomic mass is 10.1. The van der Waals surface area contributed by atoms with Gasteiger partial charge < -0.3 is 14.8 Å². The van der Waals surface area contributed by atoms with Gasteiger partial charge in [-0.15, -0.1) is 0 Å². The summed E-state index contributed by atoms with van der Waals surface area (Å²) in [5.74, 6) is 1.45. The van der Waals surface area contributed by atoms with Gasteiger partial charge in [-0.25, -0.2) is 0 Å². The highest BCUT2D eigenvalue weighted by molar-refractivity contribution is 9.10. The summed E-state index contributed by atoms with van der Waals surface area (Å²) in [6, 6.07) is 18.4. The monoisotopic (exact) mass is 473 g/mol. The molecule has 0 amide bonds. The van der Waals surface area contributed by atoms with Crippen LogP contribution < -0.4 is 14.8 Å². The maximum Gasteiger partial charge on any atom is 0.175 e. The zero-order chi connectivity index (χ0) is 20.8. The van der Waals surface area contributed by atoms with Crippen LogP contribution in [0.25, 0.3) is 0 Å². The first kappa shape index (κ1) is 21.5. The summed E-state index contributed by atoms with van der Waals surface area (Å²) >= 11 is 9.86. The first-order chi connectivity index (χ1) is 14.0. The van der Waals surface area contributed by atoms with E-state index in [0.29, 0.717) is 19.8 Å². The van der Waals surface area contributed by atoms with Gasteiger partial charge in [0.25, 0.3) is 0 Å². The molecule has 0 unspecified atom stereocenters. The Morgan fingerprint density at radius 2 is 1.69 bits per heavy atom. The van der Waals surface area contributed by atoms with Gasteiger partial charge in [-0.2, -0.15) is 0 Å². The molecule has 3 rings (SSSR count). The number of ether oxygens (including phenoxy) is 2. The number of hydrogen-bond donors (Lipinski definition) is 1. The van der Waals surface area contributed by atoms with E-state index in [-0.39, 0.29) is 0 Å². The van der Waals surface area contributed by atoms with Crippen LogP contribution in [0.3, 0.4) is 0 Å². The lowest BCUT2D eigenvalue weighted by Crippen LogP contribution is -2.04. The van der Waals surface area contributed by atoms with E-state index in [9.17, 15) is 0 Å². The van der Waals surface area contributed by atoms with Crippen LogP contribution in [-0.2, 0) is 13.2 Å². The molecule has 0 atom stereocenters. The molecule has 0 heterocycles. The lowest BCUT2D eigenvalue weighted by Gasteiger charge is -2.16. The van der Waals surface area contributed by atoms with Crippen LogP contribution in [-0.4, -0.2) is 6.61 Å². The van der Waals surface area contributed by atoms with Gasteiger partial charge in [0.15, 0.2) is 11.5 Å². The fourth-order valence-electron chi connectivity index (χ4n) is 2.87. The maximum absolute atomic E-state index is 6.22. The molecule has 0 spiro atoms. The highest BCUT2D eigenvalue weighted by Crippen LogP contribution is 2.37. The second-order valence-electron chi connectivity index (χ2n) is 6.93. The molecule has 3 aromatic rings. The maximum atomic E-state index is 6.22. The zero-order valence-corrected chi connectivity index (χ0v) is 19.2. The Hall–Kier alpha value is -2.17. The summed E-state index contributed by atoms with van der Waals surface area (Å²) in [6.45, 7) is 7.74. The van der Waals surface area contributed by atoms with Crippen molar-refractivity contribution in [1.29, 1.82) is 0 Å². The van der Waals surface area contributed by atoms with Gasteiger partial charge in [-0.3, -0.25) is 0 Å². The van der Waals surface area contributed by atoms with Gasteiger partial charge in [-0.05, 0) is 77.7 Å². The molecule has 3 nitrogen and oxygen atoms in total. The number of hydrogen-bond acceptors (Lipinski definition) is 3. The minimum atomic E-state index is 0.485. The standard InChI is InChI=1S/C24H25BrClNO2/c1-4-28-23-12-19(14-27-20-10-7-17(3)22(26)13-20)11-21(25)24(23)29-15-18-8-5-16(2)6-9-18/h5-13,27H,4,14-15H2,1-3H3. The van der Waals surface area contributed by atoms with E-state index >= 15 is 0 Å². The van der Waals surface area contributed by atoms with Crippen molar-refractivity contribution >= 4 is 33.2 Å². The number of nitrogens with one attached hydrogen (secondary N) is 1. The van der Waals surface area contributed by atoms with Crippen LogP contribution in [0.15, 0.2) is 59.1 Å². The van der Waals surface area contributed by atoms with Gasteiger partial charge in [0.2, 0.25) is 0 Å². The summed E-state index contributed by atoms with van der Waals surface area (Å²) in [6.07, 6.45) is 0. The van der Waals surface area contributed by atoms with E-state index in [4.69, 9.17) is 21.1 Å². The number of benzene rings is 3. The summed E-state index contributed by atoms with van der Waals surface area (Å²) in [5.41, 5.74) is 5.48. The topological polar surface area (TPSA) is 30.5 Å². The third-order valence-corrected chi connectivity index (χ3v) is 5.54. The Balaban J connectivity index is 1.74. The van der Waals surface area contributed by atoms with Crippen molar-refractivity contribution in [3.63, 3.8) is 0 Å². The van der Waals surface area contributed by atoms with Crippen molar-refractivity contribution in [1.82, 2.24) is 0 Å². The molecular weight excluding hydrogens is 450 g/mol. The molecule has 152 valence electrons. The van der Waals surface area contributed by atoms with Gasteiger partial charge in [0.1, 0.15) is 6.61 Å².